The summed E-state index contributed by atoms with van der Waals surface area (Å²) >= 11 is 6.04. The minimum atomic E-state index is -0.591. The summed E-state index contributed by atoms with van der Waals surface area (Å²) in [6.07, 6.45) is -0.160. The zero-order chi connectivity index (χ0) is 21.1. The van der Waals surface area contributed by atoms with E-state index in [2.05, 4.69) is 5.32 Å². The molecule has 3 rings (SSSR count). The normalized spacial score (nSPS) is 18.9. The van der Waals surface area contributed by atoms with Crippen molar-refractivity contribution in [2.75, 3.05) is 18.4 Å². The summed E-state index contributed by atoms with van der Waals surface area (Å²) in [4.78, 5) is 37.6. The van der Waals surface area contributed by atoms with E-state index in [4.69, 9.17) is 16.3 Å². The molecule has 0 radical (unpaired) electrons. The van der Waals surface area contributed by atoms with Crippen molar-refractivity contribution in [1.29, 1.82) is 0 Å². The lowest BCUT2D eigenvalue weighted by Gasteiger charge is -2.35. The number of benzene rings is 2. The first-order valence-electron chi connectivity index (χ1n) is 9.05. The van der Waals surface area contributed by atoms with E-state index in [1.54, 1.807) is 29.2 Å². The Morgan fingerprint density at radius 1 is 1.14 bits per heavy atom. The maximum Gasteiger partial charge on any atom is 0.270 e. The standard InChI is InChI=1S/C20H20ClN3O5/c1-12-10-23(11-13(2)29-12)20(26)16-5-3-4-6-18(16)22-19(25)15-8-7-14(24(27)28)9-17(15)21/h3-9,12-13H,10-11H2,1-2H3,(H,22,25). The lowest BCUT2D eigenvalue weighted by molar-refractivity contribution is -0.384. The molecule has 2 aromatic carbocycles. The van der Waals surface area contributed by atoms with Gasteiger partial charge in [0.25, 0.3) is 17.5 Å². The molecule has 1 heterocycles. The van der Waals surface area contributed by atoms with Gasteiger partial charge in [-0.2, -0.15) is 0 Å². The van der Waals surface area contributed by atoms with Crippen LogP contribution < -0.4 is 5.32 Å². The fraction of sp³-hybridized carbons (Fsp3) is 0.300. The summed E-state index contributed by atoms with van der Waals surface area (Å²) in [7, 11) is 0. The number of amides is 2. The zero-order valence-electron chi connectivity index (χ0n) is 15.9. The largest absolute Gasteiger partial charge is 0.372 e. The number of nitrogens with one attached hydrogen (secondary N) is 1. The predicted molar refractivity (Wildman–Crippen MR) is 108 cm³/mol. The molecular formula is C20H20ClN3O5. The first-order valence-corrected chi connectivity index (χ1v) is 9.43. The summed E-state index contributed by atoms with van der Waals surface area (Å²) in [6.45, 7) is 4.72. The van der Waals surface area contributed by atoms with Gasteiger partial charge in [0, 0.05) is 25.2 Å². The van der Waals surface area contributed by atoms with Gasteiger partial charge in [0.2, 0.25) is 0 Å². The molecular weight excluding hydrogens is 398 g/mol. The maximum absolute atomic E-state index is 13.0. The number of halogens is 1. The molecule has 0 bridgehead atoms. The second-order valence-corrected chi connectivity index (χ2v) is 7.30. The Bertz CT molecular complexity index is 955. The average Bonchev–Trinajstić information content (AvgIpc) is 2.66. The van der Waals surface area contributed by atoms with E-state index in [1.165, 1.54) is 12.1 Å². The van der Waals surface area contributed by atoms with Crippen LogP contribution in [-0.2, 0) is 4.74 Å². The molecule has 2 unspecified atom stereocenters. The van der Waals surface area contributed by atoms with Crippen LogP contribution >= 0.6 is 11.6 Å². The molecule has 2 atom stereocenters. The summed E-state index contributed by atoms with van der Waals surface area (Å²) in [5, 5.41) is 13.5. The van der Waals surface area contributed by atoms with E-state index in [9.17, 15) is 19.7 Å². The van der Waals surface area contributed by atoms with Crippen LogP contribution in [0.5, 0.6) is 0 Å². The van der Waals surface area contributed by atoms with Gasteiger partial charge < -0.3 is 15.0 Å². The number of hydrogen-bond acceptors (Lipinski definition) is 5. The van der Waals surface area contributed by atoms with Crippen LogP contribution in [0.15, 0.2) is 42.5 Å². The Labute approximate surface area is 172 Å². The minimum absolute atomic E-state index is 0.0451. The van der Waals surface area contributed by atoms with Crippen LogP contribution in [-0.4, -0.2) is 46.9 Å². The van der Waals surface area contributed by atoms with Crippen LogP contribution in [0.25, 0.3) is 0 Å². The number of carbonyl (C=O) groups is 2. The predicted octanol–water partition coefficient (Wildman–Crippen LogP) is 3.75. The highest BCUT2D eigenvalue weighted by Crippen LogP contribution is 2.25. The van der Waals surface area contributed by atoms with E-state index in [0.717, 1.165) is 6.07 Å². The molecule has 0 aromatic heterocycles. The highest BCUT2D eigenvalue weighted by Gasteiger charge is 2.28. The van der Waals surface area contributed by atoms with Crippen molar-refractivity contribution < 1.29 is 19.2 Å². The second kappa shape index (κ2) is 8.59. The number of morpholine rings is 1. The molecule has 0 saturated carbocycles. The van der Waals surface area contributed by atoms with Gasteiger partial charge in [-0.1, -0.05) is 23.7 Å². The van der Waals surface area contributed by atoms with E-state index < -0.39 is 10.8 Å². The van der Waals surface area contributed by atoms with E-state index in [0.29, 0.717) is 24.3 Å². The lowest BCUT2D eigenvalue weighted by Crippen LogP contribution is -2.48. The molecule has 1 saturated heterocycles. The van der Waals surface area contributed by atoms with Gasteiger partial charge in [0.15, 0.2) is 0 Å². The Balaban J connectivity index is 1.83. The average molecular weight is 418 g/mol. The van der Waals surface area contributed by atoms with Crippen LogP contribution in [0, 0.1) is 10.1 Å². The quantitative estimate of drug-likeness (QED) is 0.603. The number of rotatable bonds is 4. The highest BCUT2D eigenvalue weighted by molar-refractivity contribution is 6.34. The summed E-state index contributed by atoms with van der Waals surface area (Å²) in [5.41, 5.74) is 0.551. The van der Waals surface area contributed by atoms with Crippen molar-refractivity contribution in [3.8, 4) is 0 Å². The first-order chi connectivity index (χ1) is 13.8. The van der Waals surface area contributed by atoms with E-state index >= 15 is 0 Å². The first kappa shape index (κ1) is 20.8. The number of anilines is 1. The molecule has 152 valence electrons. The van der Waals surface area contributed by atoms with Gasteiger partial charge in [-0.25, -0.2) is 0 Å². The van der Waals surface area contributed by atoms with Crippen molar-refractivity contribution >= 4 is 34.8 Å². The molecule has 29 heavy (non-hydrogen) atoms. The van der Waals surface area contributed by atoms with Gasteiger partial charge in [-0.15, -0.1) is 0 Å². The summed E-state index contributed by atoms with van der Waals surface area (Å²) in [5.74, 6) is -0.772. The van der Waals surface area contributed by atoms with Crippen molar-refractivity contribution in [2.45, 2.75) is 26.1 Å². The van der Waals surface area contributed by atoms with Gasteiger partial charge in [0.1, 0.15) is 0 Å². The number of nitro groups is 1. The number of nitrogens with zero attached hydrogens (tertiary/aromatic N) is 2. The van der Waals surface area contributed by atoms with Crippen LogP contribution in [0.3, 0.4) is 0 Å². The van der Waals surface area contributed by atoms with Crippen molar-refractivity contribution in [3.63, 3.8) is 0 Å². The van der Waals surface area contributed by atoms with Crippen LogP contribution in [0.4, 0.5) is 11.4 Å². The third kappa shape index (κ3) is 4.72. The molecule has 0 spiro atoms. The highest BCUT2D eigenvalue weighted by atomic mass is 35.5. The van der Waals surface area contributed by atoms with Gasteiger partial charge in [0.05, 0.1) is 39.0 Å². The number of non-ortho nitro benzene ring substituents is 1. The molecule has 1 N–H and O–H groups in total. The smallest absolute Gasteiger partial charge is 0.270 e. The Morgan fingerprint density at radius 2 is 1.79 bits per heavy atom. The number of ether oxygens (including phenoxy) is 1. The van der Waals surface area contributed by atoms with Crippen molar-refractivity contribution in [3.05, 3.63) is 68.7 Å². The van der Waals surface area contributed by atoms with E-state index in [1.807, 2.05) is 13.8 Å². The van der Waals surface area contributed by atoms with Crippen molar-refractivity contribution in [2.24, 2.45) is 0 Å². The van der Waals surface area contributed by atoms with Crippen molar-refractivity contribution in [1.82, 2.24) is 4.90 Å². The Hall–Kier alpha value is -2.97. The molecule has 1 aliphatic rings. The second-order valence-electron chi connectivity index (χ2n) is 6.89. The van der Waals surface area contributed by atoms with Crippen LogP contribution in [0.1, 0.15) is 34.6 Å². The number of para-hydroxylation sites is 1. The molecule has 1 fully saturated rings. The number of nitro benzene ring substituents is 1. The molecule has 8 nitrogen and oxygen atoms in total. The third-order valence-electron chi connectivity index (χ3n) is 4.52. The summed E-state index contributed by atoms with van der Waals surface area (Å²) < 4.78 is 5.67. The fourth-order valence-electron chi connectivity index (χ4n) is 3.28. The van der Waals surface area contributed by atoms with Gasteiger partial charge in [-0.3, -0.25) is 19.7 Å². The maximum atomic E-state index is 13.0. The van der Waals surface area contributed by atoms with E-state index in [-0.39, 0.29) is 34.4 Å². The lowest BCUT2D eigenvalue weighted by atomic mass is 10.1. The monoisotopic (exact) mass is 417 g/mol. The Morgan fingerprint density at radius 3 is 2.41 bits per heavy atom. The topological polar surface area (TPSA) is 102 Å². The fourth-order valence-corrected chi connectivity index (χ4v) is 3.54. The SMILES string of the molecule is CC1CN(C(=O)c2ccccc2NC(=O)c2ccc([N+](=O)[O-])cc2Cl)CC(C)O1. The van der Waals surface area contributed by atoms with Gasteiger partial charge in [-0.05, 0) is 32.0 Å². The number of hydrogen-bond donors (Lipinski definition) is 1. The zero-order valence-corrected chi connectivity index (χ0v) is 16.7. The molecule has 1 aliphatic heterocycles. The van der Waals surface area contributed by atoms with Gasteiger partial charge >= 0.3 is 0 Å². The molecule has 0 aliphatic carbocycles. The van der Waals surface area contributed by atoms with Crippen LogP contribution in [0.2, 0.25) is 5.02 Å². The number of carbonyl (C=O) groups excluding carboxylic acids is 2. The molecule has 2 aromatic rings. The Kier molecular flexibility index (Phi) is 6.14. The minimum Gasteiger partial charge on any atom is -0.372 e. The summed E-state index contributed by atoms with van der Waals surface area (Å²) in [6, 6.07) is 10.3. The third-order valence-corrected chi connectivity index (χ3v) is 4.83. The molecule has 9 heteroatoms. The molecule has 2 amide bonds.